The Balaban J connectivity index is 0.991. The Hall–Kier alpha value is -9.91. The predicted octanol–water partition coefficient (Wildman–Crippen LogP) is -0.612. The summed E-state index contributed by atoms with van der Waals surface area (Å²) in [6.45, 7) is -1.09. The summed E-state index contributed by atoms with van der Waals surface area (Å²) in [4.78, 5) is 155. The number of benzene rings is 2. The van der Waals surface area contributed by atoms with E-state index in [-0.39, 0.29) is 76.1 Å². The minimum Gasteiger partial charge on any atom is -0.390 e. The molecule has 4 aromatic heterocycles. The highest BCUT2D eigenvalue weighted by molar-refractivity contribution is 7.53. The van der Waals surface area contributed by atoms with Crippen LogP contribution in [0.3, 0.4) is 0 Å². The van der Waals surface area contributed by atoms with Crippen LogP contribution < -0.4 is 55.2 Å². The zero-order valence-corrected chi connectivity index (χ0v) is 56.7. The van der Waals surface area contributed by atoms with E-state index < -0.39 is 213 Å². The lowest BCUT2D eigenvalue weighted by Gasteiger charge is -2.25. The summed E-state index contributed by atoms with van der Waals surface area (Å²) in [6.07, 6.45) is -9.14. The van der Waals surface area contributed by atoms with Crippen LogP contribution in [0.15, 0.2) is 80.5 Å². The number of rotatable bonds is 5. The number of hydrogen-bond donors (Lipinski definition) is 11. The van der Waals surface area contributed by atoms with Gasteiger partial charge in [0.1, 0.15) is 53.7 Å². The van der Waals surface area contributed by atoms with Crippen molar-refractivity contribution in [2.45, 2.75) is 101 Å². The van der Waals surface area contributed by atoms with Gasteiger partial charge in [-0.15, -0.1) is 0 Å². The molecule has 103 heavy (non-hydrogen) atoms. The van der Waals surface area contributed by atoms with Crippen LogP contribution in [0.4, 0.5) is 17.2 Å². The fraction of sp³-hybridized carbons (Fsp3) is 0.444. The van der Waals surface area contributed by atoms with Gasteiger partial charge in [-0.1, -0.05) is 35.5 Å². The van der Waals surface area contributed by atoms with E-state index >= 15 is 0 Å². The molecule has 6 aromatic rings. The second-order valence-electron chi connectivity index (χ2n) is 24.7. The number of aromatic amines is 2. The monoisotopic (exact) mass is 1470 g/mol. The first-order valence-electron chi connectivity index (χ1n) is 32.0. The van der Waals surface area contributed by atoms with Gasteiger partial charge in [0, 0.05) is 85.4 Å². The Kier molecular flexibility index (Phi) is 22.6. The van der Waals surface area contributed by atoms with E-state index in [1.54, 1.807) is 0 Å². The summed E-state index contributed by atoms with van der Waals surface area (Å²) in [5.41, 5.74) is 7.19. The fourth-order valence-electron chi connectivity index (χ4n) is 12.6. The molecule has 18 bridgehead atoms. The van der Waals surface area contributed by atoms with Gasteiger partial charge in [0.2, 0.25) is 11.8 Å². The van der Waals surface area contributed by atoms with Crippen molar-refractivity contribution in [1.82, 2.24) is 54.9 Å². The van der Waals surface area contributed by atoms with Gasteiger partial charge in [0.15, 0.2) is 6.10 Å². The van der Waals surface area contributed by atoms with E-state index in [4.69, 9.17) is 44.2 Å². The number of ether oxygens (including phenoxy) is 5. The van der Waals surface area contributed by atoms with Crippen LogP contribution in [-0.4, -0.2) is 178 Å². The molecule has 3 saturated heterocycles. The van der Waals surface area contributed by atoms with Crippen molar-refractivity contribution in [2.24, 2.45) is 17.6 Å². The fourth-order valence-corrected chi connectivity index (χ4v) is 15.5. The maximum atomic E-state index is 14.4. The lowest BCUT2D eigenvalue weighted by molar-refractivity contribution is -0.386. The molecule has 7 aliphatic heterocycles. The van der Waals surface area contributed by atoms with Gasteiger partial charge in [-0.05, 0) is 51.0 Å². The van der Waals surface area contributed by atoms with Crippen molar-refractivity contribution in [2.75, 3.05) is 71.2 Å². The molecule has 11 heterocycles. The molecule has 0 saturated carbocycles. The van der Waals surface area contributed by atoms with Gasteiger partial charge < -0.3 is 79.6 Å². The largest absolute Gasteiger partial charge is 0.390 e. The van der Waals surface area contributed by atoms with Crippen molar-refractivity contribution >= 4 is 61.1 Å². The van der Waals surface area contributed by atoms with E-state index in [1.165, 1.54) is 68.4 Å². The number of nitro groups is 2. The first kappa shape index (κ1) is 74.3. The first-order valence-corrected chi connectivity index (χ1v) is 35.5. The van der Waals surface area contributed by atoms with E-state index in [2.05, 4.69) is 76.7 Å². The number of aromatic nitrogens is 7. The van der Waals surface area contributed by atoms with Crippen molar-refractivity contribution in [3.05, 3.63) is 162 Å². The Bertz CT molecular complexity index is 4910. The number of carbonyl (C=O) groups is 3. The number of aliphatic hydroxyl groups excluding tert-OH is 1. The Morgan fingerprint density at radius 2 is 1.27 bits per heavy atom. The second kappa shape index (κ2) is 31.4. The Morgan fingerprint density at radius 3 is 1.92 bits per heavy atom. The number of H-pyrrole nitrogens is 2. The molecule has 3 amide bonds. The number of amides is 3. The molecule has 0 spiro atoms. The summed E-state index contributed by atoms with van der Waals surface area (Å²) in [5, 5.41) is 47.6. The summed E-state index contributed by atoms with van der Waals surface area (Å²) < 4.78 is 73.7. The third kappa shape index (κ3) is 17.3. The molecule has 0 aliphatic carbocycles. The zero-order chi connectivity index (χ0) is 73.8. The summed E-state index contributed by atoms with van der Waals surface area (Å²) in [6, 6.07) is 5.35. The van der Waals surface area contributed by atoms with Gasteiger partial charge in [-0.3, -0.25) is 77.8 Å². The van der Waals surface area contributed by atoms with Crippen LogP contribution in [0.5, 0.6) is 0 Å². The maximum absolute atomic E-state index is 14.4. The van der Waals surface area contributed by atoms with Gasteiger partial charge in [-0.2, -0.15) is 0 Å². The standard InChI is InChI=1S/C63H69N15O23P2/c1-32-41-12-8-34(15-44(41)77(87)88)6-10-36-23-74(57-55(36)56(65)69-31-70-57)54-19-46(79)50(101-54)28-97-103(93,94)30-40-18-53-76-25-38(59(82)73-63(76)86)11-7-35-9-13-42(45(16-35)78(89)90)33(2)98-47(21-67-60(83)43(20-64)71-32)61(84)68-22-51(80)66-14-4-5-37-24-75(62(85)72-58(37)81)52-17-39(48(99-52)26-95-3)29-102(91,92)96-27-49(40)100-53/h8-9,12-13,15-16,23-25,31-33,39-40,43,46-50,52-54,71,79H,14,17-22,26-30,64H2,1-3H3,(H,66,80)(H,67,83)(H,68,84)(H,91,92)(H,93,94)(H2,65,69,70)(H,72,81,85)(H,73,82,86)/t32?,33?,39-,40-,43?,46+,47?,48-,49-,50-,52-,53-,54-/m1/s1. The van der Waals surface area contributed by atoms with Crippen LogP contribution >= 0.6 is 15.2 Å². The highest BCUT2D eigenvalue weighted by Crippen LogP contribution is 2.52. The summed E-state index contributed by atoms with van der Waals surface area (Å²) >= 11 is 0. The number of nitrogens with one attached hydrogen (secondary N) is 6. The molecule has 13 N–H and O–H groups in total. The molecule has 6 unspecified atom stereocenters. The van der Waals surface area contributed by atoms with E-state index in [1.807, 2.05) is 0 Å². The zero-order valence-electron chi connectivity index (χ0n) is 55.0. The van der Waals surface area contributed by atoms with Crippen LogP contribution in [0.1, 0.15) is 103 Å². The van der Waals surface area contributed by atoms with Gasteiger partial charge in [-0.25, -0.2) is 19.6 Å². The third-order valence-electron chi connectivity index (χ3n) is 17.8. The number of carbonyl (C=O) groups excluding carboxylic acids is 3. The summed E-state index contributed by atoms with van der Waals surface area (Å²) in [7, 11) is -8.35. The molecule has 15 atom stereocenters. The van der Waals surface area contributed by atoms with E-state index in [9.17, 15) is 77.8 Å². The smallest absolute Gasteiger partial charge is 0.330 e. The number of aliphatic hydroxyl groups is 1. The van der Waals surface area contributed by atoms with Crippen LogP contribution in [0.2, 0.25) is 0 Å². The summed E-state index contributed by atoms with van der Waals surface area (Å²) in [5.74, 6) is 11.4. The average Bonchev–Trinajstić information content (AvgIpc) is 1.82. The molecule has 38 nitrogen and oxygen atoms in total. The number of fused-ring (bicyclic) bond motifs is 21. The van der Waals surface area contributed by atoms with Crippen molar-refractivity contribution < 1.29 is 81.0 Å². The predicted molar refractivity (Wildman–Crippen MR) is 358 cm³/mol. The van der Waals surface area contributed by atoms with Gasteiger partial charge in [0.25, 0.3) is 28.4 Å². The van der Waals surface area contributed by atoms with Crippen molar-refractivity contribution in [3.63, 3.8) is 0 Å². The van der Waals surface area contributed by atoms with Crippen molar-refractivity contribution in [3.8, 4) is 35.5 Å². The van der Waals surface area contributed by atoms with Crippen LogP contribution in [-0.2, 0) is 56.2 Å². The number of nitrogens with two attached hydrogens (primary N) is 2. The first-order chi connectivity index (χ1) is 49.1. The highest BCUT2D eigenvalue weighted by atomic mass is 31.2. The quantitative estimate of drug-likeness (QED) is 0.0444. The van der Waals surface area contributed by atoms with Crippen molar-refractivity contribution in [1.29, 1.82) is 0 Å². The average molecular weight is 1470 g/mol. The second-order valence-corrected chi connectivity index (χ2v) is 28.5. The number of nitrogen functional groups attached to an aromatic ring is 1. The van der Waals surface area contributed by atoms with Crippen LogP contribution in [0.25, 0.3) is 11.0 Å². The van der Waals surface area contributed by atoms with Gasteiger partial charge >= 0.3 is 26.6 Å². The van der Waals surface area contributed by atoms with E-state index in [0.717, 1.165) is 27.6 Å². The molecule has 544 valence electrons. The molecule has 7 aliphatic rings. The number of nitro benzene ring substituents is 2. The Labute approximate surface area is 581 Å². The number of nitrogens with zero attached hydrogens (tertiary/aromatic N) is 7. The Morgan fingerprint density at radius 1 is 0.699 bits per heavy atom. The number of methoxy groups -OCH3 is 1. The lowest BCUT2D eigenvalue weighted by atomic mass is 10.0. The minimum atomic E-state index is -4.88. The molecule has 3 fully saturated rings. The lowest BCUT2D eigenvalue weighted by Crippen LogP contribution is -2.53. The number of anilines is 1. The highest BCUT2D eigenvalue weighted by Gasteiger charge is 2.46. The maximum Gasteiger partial charge on any atom is 0.330 e. The molecule has 0 radical (unpaired) electrons. The van der Waals surface area contributed by atoms with E-state index in [0.29, 0.717) is 0 Å². The minimum absolute atomic E-state index is 0.0254. The normalized spacial score (nSPS) is 28.9. The van der Waals surface area contributed by atoms with Crippen LogP contribution in [0, 0.1) is 67.6 Å². The number of hydrogen-bond acceptors (Lipinski definition) is 26. The SMILES string of the molecule is COC[C@H]1O[C@@H]2C[C@@H]1CP(=O)(O)OC[C@H]1O[C@@H]3C[C@@H]1CP(=O)(O)OC[C@H]1O[C@H](C[C@@H]1O)n1cc(c4c(N)ncnc41)C#Cc1ccc(c([N+](=O)[O-])c1)C(C)NC(CN)C(=O)NCC(OC(C)c1ccc(cc1[N+](=O)[O-])C#Cc1cn3c(=O)[nH]c1=O)C(=O)NCC(=O)NCC#Cc1cn2c(=O)[nH]c1=O. The van der Waals surface area contributed by atoms with Gasteiger partial charge in [0.05, 0.1) is 109 Å². The molecule has 40 heteroatoms. The molecule has 13 rings (SSSR count). The molecular weight excluding hydrogens is 1400 g/mol. The molecule has 2 aromatic carbocycles. The topological polar surface area (TPSA) is 538 Å². The third-order valence-corrected chi connectivity index (χ3v) is 20.7. The molecular formula is C63H69N15O23P2.